The molecule has 0 saturated heterocycles. The summed E-state index contributed by atoms with van der Waals surface area (Å²) in [5, 5.41) is 10.1. The number of fused-ring (bicyclic) bond motifs is 10. The number of furan rings is 1. The van der Waals surface area contributed by atoms with Gasteiger partial charge in [0.2, 0.25) is 0 Å². The number of benzene rings is 7. The van der Waals surface area contributed by atoms with Crippen LogP contribution in [0.15, 0.2) is 144 Å². The molecule has 214 valence electrons. The van der Waals surface area contributed by atoms with E-state index in [0.29, 0.717) is 17.5 Å². The Bertz CT molecular complexity index is 2820. The van der Waals surface area contributed by atoms with Crippen molar-refractivity contribution in [1.82, 2.24) is 15.0 Å². The summed E-state index contributed by atoms with van der Waals surface area (Å²) in [7, 11) is 0. The first-order valence-electron chi connectivity index (χ1n) is 15.3. The molecule has 0 amide bonds. The van der Waals surface area contributed by atoms with Crippen molar-refractivity contribution in [2.75, 3.05) is 0 Å². The first-order chi connectivity index (χ1) is 22.8. The summed E-state index contributed by atoms with van der Waals surface area (Å²) >= 11 is 0.149. The van der Waals surface area contributed by atoms with Gasteiger partial charge in [0.05, 0.1) is 0 Å². The summed E-state index contributed by atoms with van der Waals surface area (Å²) in [4.78, 5) is 15.1. The standard InChI is InChI=1S/C41H23N3OSe/c1-2-9-26(10-3-1)39-42-40(27-18-21-35-33(22-27)30-12-6-7-13-34(30)45-35)44-41(43-39)28-17-19-31-32-20-16-25-15-14-24-8-4-5-11-29(24)37(25)38(32)46-36(31)23-28/h1-23H. The molecule has 10 rings (SSSR count). The predicted molar refractivity (Wildman–Crippen MR) is 190 cm³/mol. The molecule has 0 spiro atoms. The SMILES string of the molecule is c1ccc(-c2nc(-c3ccc4c(c3)[se]c3c4ccc4ccc5ccccc5c43)nc(-c3ccc4oc5ccccc5c4c3)n2)cc1. The summed E-state index contributed by atoms with van der Waals surface area (Å²) in [5.41, 5.74) is 4.61. The first kappa shape index (κ1) is 25.7. The number of hydrogen-bond acceptors (Lipinski definition) is 4. The third-order valence-electron chi connectivity index (χ3n) is 8.91. The third kappa shape index (κ3) is 3.96. The van der Waals surface area contributed by atoms with Crippen molar-refractivity contribution in [2.24, 2.45) is 0 Å². The Labute approximate surface area is 269 Å². The van der Waals surface area contributed by atoms with E-state index in [1.807, 2.05) is 60.7 Å². The molecular formula is C41H23N3OSe. The van der Waals surface area contributed by atoms with E-state index in [9.17, 15) is 0 Å². The normalized spacial score (nSPS) is 11.9. The summed E-state index contributed by atoms with van der Waals surface area (Å²) in [6.45, 7) is 0. The molecule has 0 bridgehead atoms. The van der Waals surface area contributed by atoms with Crippen LogP contribution in [0.3, 0.4) is 0 Å². The van der Waals surface area contributed by atoms with Crippen LogP contribution in [-0.4, -0.2) is 29.5 Å². The zero-order valence-corrected chi connectivity index (χ0v) is 26.2. The van der Waals surface area contributed by atoms with Gasteiger partial charge in [-0.3, -0.25) is 0 Å². The Kier molecular flexibility index (Phi) is 5.56. The fourth-order valence-corrected chi connectivity index (χ4v) is 9.43. The van der Waals surface area contributed by atoms with Crippen molar-refractivity contribution in [2.45, 2.75) is 0 Å². The van der Waals surface area contributed by atoms with Crippen molar-refractivity contribution in [1.29, 1.82) is 0 Å². The minimum atomic E-state index is 0.149. The molecule has 0 unspecified atom stereocenters. The van der Waals surface area contributed by atoms with Crippen molar-refractivity contribution in [3.8, 4) is 34.2 Å². The molecule has 5 heteroatoms. The van der Waals surface area contributed by atoms with Gasteiger partial charge in [0.1, 0.15) is 0 Å². The molecule has 0 aliphatic carbocycles. The molecule has 3 heterocycles. The van der Waals surface area contributed by atoms with E-state index in [4.69, 9.17) is 19.4 Å². The van der Waals surface area contributed by atoms with Crippen molar-refractivity contribution in [3.05, 3.63) is 140 Å². The van der Waals surface area contributed by atoms with Crippen LogP contribution in [0.1, 0.15) is 0 Å². The number of aromatic nitrogens is 3. The van der Waals surface area contributed by atoms with Gasteiger partial charge in [0.15, 0.2) is 0 Å². The number of rotatable bonds is 3. The predicted octanol–water partition coefficient (Wildman–Crippen LogP) is 10.4. The Morgan fingerprint density at radius 2 is 1.04 bits per heavy atom. The van der Waals surface area contributed by atoms with E-state index in [1.54, 1.807) is 0 Å². The molecule has 0 aliphatic rings. The van der Waals surface area contributed by atoms with Gasteiger partial charge in [-0.25, -0.2) is 0 Å². The van der Waals surface area contributed by atoms with Crippen molar-refractivity contribution < 1.29 is 4.42 Å². The van der Waals surface area contributed by atoms with Gasteiger partial charge in [0.25, 0.3) is 0 Å². The Morgan fingerprint density at radius 3 is 1.91 bits per heavy atom. The van der Waals surface area contributed by atoms with Gasteiger partial charge in [-0.1, -0.05) is 6.07 Å². The molecule has 10 aromatic rings. The Morgan fingerprint density at radius 1 is 0.413 bits per heavy atom. The summed E-state index contributed by atoms with van der Waals surface area (Å²) in [5.74, 6) is 1.97. The van der Waals surface area contributed by atoms with E-state index in [-0.39, 0.29) is 14.5 Å². The van der Waals surface area contributed by atoms with Gasteiger partial charge in [-0.05, 0) is 0 Å². The molecule has 46 heavy (non-hydrogen) atoms. The number of hydrogen-bond donors (Lipinski definition) is 0. The maximum absolute atomic E-state index is 6.10. The van der Waals surface area contributed by atoms with E-state index in [1.165, 1.54) is 40.8 Å². The molecule has 0 N–H and O–H groups in total. The van der Waals surface area contributed by atoms with E-state index < -0.39 is 0 Å². The summed E-state index contributed by atoms with van der Waals surface area (Å²) in [6, 6.07) is 48.9. The van der Waals surface area contributed by atoms with E-state index in [0.717, 1.165) is 38.6 Å². The zero-order valence-electron chi connectivity index (χ0n) is 24.4. The van der Waals surface area contributed by atoms with Crippen LogP contribution >= 0.6 is 0 Å². The monoisotopic (exact) mass is 653 g/mol. The molecule has 0 radical (unpaired) electrons. The summed E-state index contributed by atoms with van der Waals surface area (Å²) < 4.78 is 8.91. The average molecular weight is 653 g/mol. The minimum absolute atomic E-state index is 0.149. The summed E-state index contributed by atoms with van der Waals surface area (Å²) in [6.07, 6.45) is 0. The molecular weight excluding hydrogens is 629 g/mol. The number of nitrogens with zero attached hydrogens (tertiary/aromatic N) is 3. The van der Waals surface area contributed by atoms with Gasteiger partial charge >= 0.3 is 264 Å². The molecule has 0 fully saturated rings. The fourth-order valence-electron chi connectivity index (χ4n) is 6.68. The maximum atomic E-state index is 6.10. The topological polar surface area (TPSA) is 51.8 Å². The van der Waals surface area contributed by atoms with Crippen LogP contribution < -0.4 is 0 Å². The molecule has 0 atom stereocenters. The van der Waals surface area contributed by atoms with Gasteiger partial charge in [-0.2, -0.15) is 0 Å². The Balaban J connectivity index is 1.18. The molecule has 0 aliphatic heterocycles. The fraction of sp³-hybridized carbons (Fsp3) is 0. The molecule has 7 aromatic carbocycles. The quantitative estimate of drug-likeness (QED) is 0.141. The van der Waals surface area contributed by atoms with Crippen LogP contribution in [0.5, 0.6) is 0 Å². The molecule has 4 nitrogen and oxygen atoms in total. The second-order valence-electron chi connectivity index (χ2n) is 11.6. The van der Waals surface area contributed by atoms with Crippen LogP contribution in [0, 0.1) is 0 Å². The van der Waals surface area contributed by atoms with Gasteiger partial charge < -0.3 is 0 Å². The van der Waals surface area contributed by atoms with Gasteiger partial charge in [-0.15, -0.1) is 0 Å². The van der Waals surface area contributed by atoms with Crippen LogP contribution in [0.25, 0.3) is 96.9 Å². The second-order valence-corrected chi connectivity index (χ2v) is 13.8. The van der Waals surface area contributed by atoms with E-state index >= 15 is 0 Å². The first-order valence-corrected chi connectivity index (χ1v) is 17.0. The average Bonchev–Trinajstić information content (AvgIpc) is 3.69. The second kappa shape index (κ2) is 9.95. The zero-order chi connectivity index (χ0) is 30.2. The van der Waals surface area contributed by atoms with Crippen LogP contribution in [0.4, 0.5) is 0 Å². The third-order valence-corrected chi connectivity index (χ3v) is 11.4. The van der Waals surface area contributed by atoms with Crippen LogP contribution in [-0.2, 0) is 0 Å². The van der Waals surface area contributed by atoms with Crippen molar-refractivity contribution >= 4 is 77.3 Å². The molecule has 0 saturated carbocycles. The van der Waals surface area contributed by atoms with E-state index in [2.05, 4.69) is 78.9 Å². The molecule has 3 aromatic heterocycles. The van der Waals surface area contributed by atoms with Crippen LogP contribution in [0.2, 0.25) is 0 Å². The number of para-hydroxylation sites is 1. The Hall–Kier alpha value is -5.61. The van der Waals surface area contributed by atoms with Crippen molar-refractivity contribution in [3.63, 3.8) is 0 Å². The van der Waals surface area contributed by atoms with Gasteiger partial charge in [0, 0.05) is 0 Å².